The molecule has 4 aliphatic rings. The van der Waals surface area contributed by atoms with Gasteiger partial charge in [0.1, 0.15) is 5.75 Å². The van der Waals surface area contributed by atoms with Crippen molar-refractivity contribution in [3.8, 4) is 5.75 Å². The first kappa shape index (κ1) is 31.1. The van der Waals surface area contributed by atoms with Crippen molar-refractivity contribution in [2.45, 2.75) is 83.9 Å². The lowest BCUT2D eigenvalue weighted by atomic mass is 9.69. The molecule has 6 nitrogen and oxygen atoms in total. The predicted molar refractivity (Wildman–Crippen MR) is 174 cm³/mol. The first-order valence-electron chi connectivity index (χ1n) is 16.5. The van der Waals surface area contributed by atoms with Crippen molar-refractivity contribution in [1.82, 2.24) is 9.80 Å². The smallest absolute Gasteiger partial charge is 0.234 e. The van der Waals surface area contributed by atoms with Crippen LogP contribution in [0.2, 0.25) is 5.02 Å². The Kier molecular flexibility index (Phi) is 9.60. The average molecular weight is 617 g/mol. The molecule has 1 aliphatic carbocycles. The Hall–Kier alpha value is -2.93. The lowest BCUT2D eigenvalue weighted by molar-refractivity contribution is -0.144. The molecule has 234 valence electrons. The molecule has 3 fully saturated rings. The summed E-state index contributed by atoms with van der Waals surface area (Å²) in [6.45, 7) is 7.57. The highest BCUT2D eigenvalue weighted by Gasteiger charge is 2.58. The van der Waals surface area contributed by atoms with Crippen LogP contribution in [0.15, 0.2) is 65.3 Å². The van der Waals surface area contributed by atoms with E-state index in [4.69, 9.17) is 16.3 Å². The van der Waals surface area contributed by atoms with Gasteiger partial charge >= 0.3 is 0 Å². The number of imide groups is 1. The highest BCUT2D eigenvalue weighted by atomic mass is 35.5. The van der Waals surface area contributed by atoms with Crippen LogP contribution in [0.25, 0.3) is 6.08 Å². The molecular formula is C37H45ClN2O4. The summed E-state index contributed by atoms with van der Waals surface area (Å²) < 4.78 is 6.46. The quantitative estimate of drug-likeness (QED) is 0.222. The second-order valence-corrected chi connectivity index (χ2v) is 13.4. The molecule has 2 aromatic carbocycles. The molecule has 2 aromatic rings. The molecule has 3 heterocycles. The molecule has 3 aliphatic heterocycles. The molecule has 0 radical (unpaired) electrons. The number of likely N-dealkylation sites (tertiary alicyclic amines) is 2. The van der Waals surface area contributed by atoms with Crippen LogP contribution in [0.3, 0.4) is 0 Å². The number of carbonyl (C=O) groups is 2. The van der Waals surface area contributed by atoms with E-state index < -0.39 is 0 Å². The largest absolute Gasteiger partial charge is 0.508 e. The number of hydrogen-bond donors (Lipinski definition) is 1. The third-order valence-electron chi connectivity index (χ3n) is 10.3. The van der Waals surface area contributed by atoms with Crippen LogP contribution in [0.4, 0.5) is 0 Å². The Morgan fingerprint density at radius 3 is 2.50 bits per heavy atom. The minimum Gasteiger partial charge on any atom is -0.508 e. The highest BCUT2D eigenvalue weighted by molar-refractivity contribution is 6.32. The number of fused-ring (bicyclic) bond motifs is 3. The lowest BCUT2D eigenvalue weighted by Crippen LogP contribution is -2.47. The molecule has 7 heteroatoms. The number of benzene rings is 2. The van der Waals surface area contributed by atoms with Gasteiger partial charge in [-0.15, -0.1) is 0 Å². The van der Waals surface area contributed by atoms with Crippen LogP contribution in [0, 0.1) is 17.8 Å². The summed E-state index contributed by atoms with van der Waals surface area (Å²) in [6.07, 6.45) is 9.08. The molecule has 4 atom stereocenters. The maximum absolute atomic E-state index is 14.1. The van der Waals surface area contributed by atoms with Crippen molar-refractivity contribution in [3.05, 3.63) is 81.4 Å². The van der Waals surface area contributed by atoms with Crippen LogP contribution >= 0.6 is 11.6 Å². The molecule has 2 amide bonds. The van der Waals surface area contributed by atoms with Crippen molar-refractivity contribution < 1.29 is 19.4 Å². The number of amides is 2. The number of aromatic hydroxyl groups is 1. The summed E-state index contributed by atoms with van der Waals surface area (Å²) in [4.78, 5) is 32.0. The molecule has 0 aromatic heterocycles. The maximum Gasteiger partial charge on any atom is 0.234 e. The lowest BCUT2D eigenvalue weighted by Gasteiger charge is -2.36. The first-order chi connectivity index (χ1) is 21.4. The van der Waals surface area contributed by atoms with Crippen LogP contribution in [0.5, 0.6) is 5.75 Å². The molecule has 3 saturated heterocycles. The summed E-state index contributed by atoms with van der Waals surface area (Å²) in [7, 11) is 0. The Morgan fingerprint density at radius 2 is 1.80 bits per heavy atom. The number of halogens is 1. The minimum atomic E-state index is -0.290. The fraction of sp³-hybridized carbons (Fsp3) is 0.514. The van der Waals surface area contributed by atoms with Crippen molar-refractivity contribution in [1.29, 1.82) is 0 Å². The van der Waals surface area contributed by atoms with Crippen molar-refractivity contribution >= 4 is 29.5 Å². The zero-order valence-electron chi connectivity index (χ0n) is 26.0. The molecular weight excluding hydrogens is 572 g/mol. The number of ether oxygens (including phenoxy) is 1. The van der Waals surface area contributed by atoms with Gasteiger partial charge in [0.2, 0.25) is 11.8 Å². The van der Waals surface area contributed by atoms with Crippen molar-refractivity contribution in [3.63, 3.8) is 0 Å². The first-order valence-corrected chi connectivity index (χ1v) is 16.9. The van der Waals surface area contributed by atoms with Crippen LogP contribution in [-0.2, 0) is 20.9 Å². The number of piperidine rings is 1. The van der Waals surface area contributed by atoms with Gasteiger partial charge in [-0.25, -0.2) is 0 Å². The van der Waals surface area contributed by atoms with E-state index in [0.717, 1.165) is 70.1 Å². The number of rotatable bonds is 10. The van der Waals surface area contributed by atoms with Gasteiger partial charge in [-0.1, -0.05) is 79.4 Å². The zero-order valence-corrected chi connectivity index (χ0v) is 26.8. The van der Waals surface area contributed by atoms with Gasteiger partial charge in [0.15, 0.2) is 0 Å². The zero-order chi connectivity index (χ0) is 30.8. The summed E-state index contributed by atoms with van der Waals surface area (Å²) >= 11 is 6.41. The van der Waals surface area contributed by atoms with E-state index in [9.17, 15) is 14.7 Å². The van der Waals surface area contributed by atoms with E-state index in [1.807, 2.05) is 12.1 Å². The second-order valence-electron chi connectivity index (χ2n) is 13.0. The van der Waals surface area contributed by atoms with E-state index in [-0.39, 0.29) is 47.5 Å². The fourth-order valence-electron chi connectivity index (χ4n) is 8.13. The van der Waals surface area contributed by atoms with Crippen LogP contribution in [-0.4, -0.2) is 58.6 Å². The summed E-state index contributed by atoms with van der Waals surface area (Å²) in [5, 5.41) is 10.3. The molecule has 0 saturated carbocycles. The molecule has 0 bridgehead atoms. The van der Waals surface area contributed by atoms with Gasteiger partial charge < -0.3 is 9.84 Å². The van der Waals surface area contributed by atoms with Gasteiger partial charge in [0.25, 0.3) is 0 Å². The molecule has 6 rings (SSSR count). The van der Waals surface area contributed by atoms with Gasteiger partial charge in [0, 0.05) is 31.6 Å². The molecule has 1 N–H and O–H groups in total. The Morgan fingerprint density at radius 1 is 1.02 bits per heavy atom. The monoisotopic (exact) mass is 616 g/mol. The number of phenolic OH excluding ortho intramolecular Hbond substituents is 1. The summed E-state index contributed by atoms with van der Waals surface area (Å²) in [5.74, 6) is -0.287. The normalized spacial score (nSPS) is 26.4. The molecule has 0 unspecified atom stereocenters. The average Bonchev–Trinajstić information content (AvgIpc) is 3.56. The highest BCUT2D eigenvalue weighted by Crippen LogP contribution is 2.51. The van der Waals surface area contributed by atoms with Crippen molar-refractivity contribution in [2.75, 3.05) is 19.7 Å². The topological polar surface area (TPSA) is 70.1 Å². The third-order valence-corrected chi connectivity index (χ3v) is 10.6. The van der Waals surface area contributed by atoms with Gasteiger partial charge in [-0.2, -0.15) is 0 Å². The minimum absolute atomic E-state index is 0.00142. The number of hydrogen-bond acceptors (Lipinski definition) is 5. The van der Waals surface area contributed by atoms with E-state index in [2.05, 4.69) is 49.1 Å². The van der Waals surface area contributed by atoms with Crippen LogP contribution in [0.1, 0.15) is 76.3 Å². The number of nitrogens with zero attached hydrogens (tertiary/aromatic N) is 2. The summed E-state index contributed by atoms with van der Waals surface area (Å²) in [6, 6.07) is 15.6. The Bertz CT molecular complexity index is 1430. The van der Waals surface area contributed by atoms with Crippen molar-refractivity contribution in [2.24, 2.45) is 17.8 Å². The number of carbonyl (C=O) groups excluding carboxylic acids is 2. The fourth-order valence-corrected chi connectivity index (χ4v) is 8.36. The SMILES string of the molecule is CCC/C(=C\c1ccc(O)cc1Cl)CC[C@H]1OC[C@H]2C1=C(CC)C[C@H]1C(=O)N(C3CCN(Cc4ccccc4)CC3)C(=O)[C@H]12. The van der Waals surface area contributed by atoms with E-state index in [1.54, 1.807) is 17.0 Å². The Labute approximate surface area is 266 Å². The maximum atomic E-state index is 14.1. The predicted octanol–water partition coefficient (Wildman–Crippen LogP) is 7.40. The number of allylic oxidation sites excluding steroid dienone is 2. The molecule has 44 heavy (non-hydrogen) atoms. The summed E-state index contributed by atoms with van der Waals surface area (Å²) in [5.41, 5.74) is 6.13. The van der Waals surface area contributed by atoms with E-state index in [0.29, 0.717) is 18.1 Å². The van der Waals surface area contributed by atoms with Gasteiger partial charge in [-0.05, 0) is 79.8 Å². The van der Waals surface area contributed by atoms with Crippen LogP contribution < -0.4 is 0 Å². The van der Waals surface area contributed by atoms with Gasteiger partial charge in [0.05, 0.1) is 29.6 Å². The number of phenols is 1. The second kappa shape index (κ2) is 13.6. The standard InChI is InChI=1S/C37H45ClN2O4/c1-3-8-24(19-27-12-13-29(41)21-32(27)38)11-14-33-34-26(4-2)20-30-35(31(34)23-44-33)37(43)40(36(30)42)28-15-17-39(18-16-28)22-25-9-6-5-7-10-25/h5-7,9-10,12-13,19,21,28,30-31,33,35,41H,3-4,8,11,14-18,20,22-23H2,1-2H3/b24-19+/t30-,31+,33-,35-/m1/s1. The van der Waals surface area contributed by atoms with Gasteiger partial charge in [-0.3, -0.25) is 19.4 Å². The van der Waals surface area contributed by atoms with E-state index >= 15 is 0 Å². The molecule has 0 spiro atoms. The third kappa shape index (κ3) is 6.27. The van der Waals surface area contributed by atoms with E-state index in [1.165, 1.54) is 22.3 Å². The Balaban J connectivity index is 1.13.